The van der Waals surface area contributed by atoms with E-state index in [4.69, 9.17) is 4.74 Å². The minimum absolute atomic E-state index is 0.0374. The van der Waals surface area contributed by atoms with Crippen molar-refractivity contribution in [3.63, 3.8) is 0 Å². The number of rotatable bonds is 10. The number of β-lactam (4-membered cyclic amide) rings is 1. The van der Waals surface area contributed by atoms with Crippen molar-refractivity contribution < 1.29 is 23.3 Å². The van der Waals surface area contributed by atoms with Gasteiger partial charge in [0.2, 0.25) is 11.1 Å². The van der Waals surface area contributed by atoms with Crippen LogP contribution in [0.2, 0.25) is 0 Å². The summed E-state index contributed by atoms with van der Waals surface area (Å²) in [4.78, 5) is 42.8. The molecule has 226 valence electrons. The average molecular weight is 649 g/mol. The highest BCUT2D eigenvalue weighted by Gasteiger charge is 2.59. The standard InChI is InChI=1S/C30H28N6O5S3/c1-18-22(17-43-30-32-33-34-35(30)2)25(29(39)41-26(19-10-5-3-6-11-19)20-12-7-4-8-13-20)36-27(38)24(28(36)44(18)40)31-23(37)16-21-14-9-15-42-21/h3-15,18,24,26,28H,16-17H2,1-2H3,(H,31,37)/t18-,24?,28+,44?/m1/s1. The summed E-state index contributed by atoms with van der Waals surface area (Å²) < 4.78 is 21.5. The molecule has 0 aliphatic carbocycles. The van der Waals surface area contributed by atoms with Crippen LogP contribution < -0.4 is 5.32 Å². The average Bonchev–Trinajstić information content (AvgIpc) is 3.71. The highest BCUT2D eigenvalue weighted by Crippen LogP contribution is 2.41. The van der Waals surface area contributed by atoms with E-state index in [1.807, 2.05) is 78.2 Å². The van der Waals surface area contributed by atoms with Crippen molar-refractivity contribution in [3.05, 3.63) is 105 Å². The topological polar surface area (TPSA) is 136 Å². The lowest BCUT2D eigenvalue weighted by Crippen LogP contribution is -2.74. The number of fused-ring (bicyclic) bond motifs is 1. The summed E-state index contributed by atoms with van der Waals surface area (Å²) in [7, 11) is 0.0627. The van der Waals surface area contributed by atoms with Crippen LogP contribution in [0, 0.1) is 0 Å². The number of nitrogens with one attached hydrogen (secondary N) is 1. The fourth-order valence-corrected chi connectivity index (χ4v) is 8.77. The van der Waals surface area contributed by atoms with Crippen molar-refractivity contribution in [2.24, 2.45) is 7.05 Å². The van der Waals surface area contributed by atoms with Gasteiger partial charge in [0.25, 0.3) is 5.91 Å². The Balaban J connectivity index is 1.34. The van der Waals surface area contributed by atoms with Crippen LogP contribution in [0.4, 0.5) is 0 Å². The molecular weight excluding hydrogens is 621 g/mol. The normalized spacial score (nSPS) is 21.2. The predicted octanol–water partition coefficient (Wildman–Crippen LogP) is 3.00. The Morgan fingerprint density at radius 2 is 1.75 bits per heavy atom. The lowest BCUT2D eigenvalue weighted by Gasteiger charge is -2.51. The van der Waals surface area contributed by atoms with E-state index in [-0.39, 0.29) is 23.8 Å². The molecule has 1 fully saturated rings. The maximum atomic E-state index is 14.2. The first kappa shape index (κ1) is 29.9. The number of esters is 1. The van der Waals surface area contributed by atoms with Gasteiger partial charge in [-0.05, 0) is 45.5 Å². The highest BCUT2D eigenvalue weighted by molar-refractivity contribution is 7.99. The zero-order valence-corrected chi connectivity index (χ0v) is 26.2. The third-order valence-corrected chi connectivity index (χ3v) is 11.3. The summed E-state index contributed by atoms with van der Waals surface area (Å²) in [5, 5.41) is 15.1. The molecule has 2 aromatic heterocycles. The number of hydrogen-bond donors (Lipinski definition) is 1. The molecule has 2 aromatic carbocycles. The molecule has 11 nitrogen and oxygen atoms in total. The number of nitrogens with zero attached hydrogens (tertiary/aromatic N) is 5. The Morgan fingerprint density at radius 3 is 2.34 bits per heavy atom. The van der Waals surface area contributed by atoms with E-state index in [1.165, 1.54) is 32.7 Å². The quantitative estimate of drug-likeness (QED) is 0.156. The van der Waals surface area contributed by atoms with Crippen LogP contribution in [-0.2, 0) is 43.4 Å². The zero-order chi connectivity index (χ0) is 30.8. The van der Waals surface area contributed by atoms with Gasteiger partial charge in [-0.25, -0.2) is 9.48 Å². The number of aryl methyl sites for hydroxylation is 1. The molecule has 2 aliphatic heterocycles. The van der Waals surface area contributed by atoms with Crippen LogP contribution in [0.3, 0.4) is 0 Å². The van der Waals surface area contributed by atoms with Crippen LogP contribution >= 0.6 is 23.1 Å². The predicted molar refractivity (Wildman–Crippen MR) is 166 cm³/mol. The maximum absolute atomic E-state index is 14.2. The van der Waals surface area contributed by atoms with Gasteiger partial charge in [0.1, 0.15) is 17.1 Å². The van der Waals surface area contributed by atoms with E-state index in [9.17, 15) is 18.6 Å². The molecule has 4 atom stereocenters. The van der Waals surface area contributed by atoms with E-state index in [0.29, 0.717) is 10.7 Å². The fourth-order valence-electron chi connectivity index (χ4n) is 5.21. The number of benzene rings is 2. The maximum Gasteiger partial charge on any atom is 0.356 e. The number of carbonyl (C=O) groups is 3. The summed E-state index contributed by atoms with van der Waals surface area (Å²) >= 11 is 2.70. The lowest BCUT2D eigenvalue weighted by atomic mass is 10.00. The van der Waals surface area contributed by atoms with Gasteiger partial charge in [0, 0.05) is 17.7 Å². The summed E-state index contributed by atoms with van der Waals surface area (Å²) in [5.41, 5.74) is 2.03. The molecule has 0 bridgehead atoms. The second kappa shape index (κ2) is 12.8. The Hall–Kier alpha value is -4.14. The van der Waals surface area contributed by atoms with Gasteiger partial charge in [0.05, 0.1) is 22.5 Å². The minimum atomic E-state index is -1.63. The van der Waals surface area contributed by atoms with Gasteiger partial charge in [-0.15, -0.1) is 16.4 Å². The van der Waals surface area contributed by atoms with Crippen LogP contribution in [0.25, 0.3) is 0 Å². The molecule has 0 radical (unpaired) electrons. The Bertz CT molecular complexity index is 1690. The van der Waals surface area contributed by atoms with Crippen LogP contribution in [0.5, 0.6) is 0 Å². The Labute approximate surface area is 264 Å². The molecule has 44 heavy (non-hydrogen) atoms. The number of amides is 2. The summed E-state index contributed by atoms with van der Waals surface area (Å²) in [6.45, 7) is 1.75. The van der Waals surface area contributed by atoms with Crippen LogP contribution in [-0.4, -0.2) is 69.5 Å². The molecular formula is C30H28N6O5S3. The van der Waals surface area contributed by atoms with Crippen molar-refractivity contribution >= 4 is 51.7 Å². The van der Waals surface area contributed by atoms with Crippen LogP contribution in [0.1, 0.15) is 29.0 Å². The first-order valence-corrected chi connectivity index (χ1v) is 16.9. The van der Waals surface area contributed by atoms with Gasteiger partial charge < -0.3 is 10.1 Å². The zero-order valence-electron chi connectivity index (χ0n) is 23.7. The van der Waals surface area contributed by atoms with Gasteiger partial charge >= 0.3 is 5.97 Å². The SMILES string of the molecule is C[C@@H]1C(CSc2nnnn2C)=C(C(=O)OC(c2ccccc2)c2ccccc2)N2C(=O)C(NC(=O)Cc3cccs3)[C@@H]2S1=O. The van der Waals surface area contributed by atoms with E-state index in [2.05, 4.69) is 20.8 Å². The molecule has 0 saturated carbocycles. The monoisotopic (exact) mass is 648 g/mol. The molecule has 1 N–H and O–H groups in total. The molecule has 2 unspecified atom stereocenters. The Kier molecular flexibility index (Phi) is 8.73. The highest BCUT2D eigenvalue weighted by atomic mass is 32.2. The second-order valence-corrected chi connectivity index (χ2v) is 14.0. The van der Waals surface area contributed by atoms with Crippen molar-refractivity contribution in [2.75, 3.05) is 5.75 Å². The van der Waals surface area contributed by atoms with Crippen molar-refractivity contribution in [1.82, 2.24) is 30.4 Å². The summed E-state index contributed by atoms with van der Waals surface area (Å²) in [5.74, 6) is -1.40. The number of thiophene rings is 1. The van der Waals surface area contributed by atoms with Gasteiger partial charge in [0.15, 0.2) is 6.10 Å². The first-order chi connectivity index (χ1) is 21.3. The molecule has 4 heterocycles. The smallest absolute Gasteiger partial charge is 0.356 e. The van der Waals surface area contributed by atoms with Gasteiger partial charge in [-0.1, -0.05) is 78.5 Å². The minimum Gasteiger partial charge on any atom is -0.448 e. The Morgan fingerprint density at radius 1 is 1.07 bits per heavy atom. The van der Waals surface area contributed by atoms with E-state index in [1.54, 1.807) is 14.0 Å². The number of carbonyl (C=O) groups excluding carboxylic acids is 3. The molecule has 6 rings (SSSR count). The number of tetrazole rings is 1. The largest absolute Gasteiger partial charge is 0.448 e. The first-order valence-electron chi connectivity index (χ1n) is 13.8. The fraction of sp³-hybridized carbons (Fsp3) is 0.267. The number of thioether (sulfide) groups is 1. The summed E-state index contributed by atoms with van der Waals surface area (Å²) in [6.07, 6.45) is -0.655. The number of hydrogen-bond acceptors (Lipinski definition) is 10. The number of ether oxygens (including phenoxy) is 1. The van der Waals surface area contributed by atoms with E-state index >= 15 is 0 Å². The molecule has 1 saturated heterocycles. The van der Waals surface area contributed by atoms with Gasteiger partial charge in [-0.3, -0.25) is 18.7 Å². The number of aromatic nitrogens is 4. The van der Waals surface area contributed by atoms with E-state index in [0.717, 1.165) is 16.0 Å². The second-order valence-electron chi connectivity index (χ2n) is 10.2. The lowest BCUT2D eigenvalue weighted by molar-refractivity contribution is -0.155. The molecule has 2 aliphatic rings. The van der Waals surface area contributed by atoms with Crippen LogP contribution in [0.15, 0.2) is 94.6 Å². The molecule has 0 spiro atoms. The van der Waals surface area contributed by atoms with Gasteiger partial charge in [-0.2, -0.15) is 0 Å². The van der Waals surface area contributed by atoms with Crippen molar-refractivity contribution in [2.45, 2.75) is 41.3 Å². The molecule has 14 heteroatoms. The molecule has 2 amide bonds. The third kappa shape index (κ3) is 5.84. The molecule has 4 aromatic rings. The van der Waals surface area contributed by atoms with Crippen molar-refractivity contribution in [3.8, 4) is 0 Å². The third-order valence-electron chi connectivity index (χ3n) is 7.46. The summed E-state index contributed by atoms with van der Waals surface area (Å²) in [6, 6.07) is 21.3. The van der Waals surface area contributed by atoms with E-state index < -0.39 is 45.4 Å². The van der Waals surface area contributed by atoms with Crippen molar-refractivity contribution in [1.29, 1.82) is 0 Å².